The maximum Gasteiger partial charge on any atom is 0.245 e. The van der Waals surface area contributed by atoms with Crippen LogP contribution in [0.15, 0.2) is 66.7 Å². The largest absolute Gasteiger partial charge is 0.457 e. The number of carbonyl (C=O) groups is 1. The maximum atomic E-state index is 12.7. The Labute approximate surface area is 183 Å². The highest BCUT2D eigenvalue weighted by Crippen LogP contribution is 2.28. The van der Waals surface area contributed by atoms with Gasteiger partial charge in [-0.25, -0.2) is 8.42 Å². The van der Waals surface area contributed by atoms with Crippen LogP contribution in [0.1, 0.15) is 16.7 Å². The number of benzene rings is 3. The highest BCUT2D eigenvalue weighted by atomic mass is 32.2. The first-order chi connectivity index (χ1) is 14.6. The zero-order chi connectivity index (χ0) is 22.6. The first kappa shape index (κ1) is 22.4. The number of nitrogens with one attached hydrogen (secondary N) is 1. The third-order valence-electron chi connectivity index (χ3n) is 4.69. The van der Waals surface area contributed by atoms with Gasteiger partial charge in [0.2, 0.25) is 15.9 Å². The first-order valence-corrected chi connectivity index (χ1v) is 11.7. The number of carbonyl (C=O) groups excluding carboxylic acids is 1. The second-order valence-electron chi connectivity index (χ2n) is 7.50. The molecule has 0 saturated carbocycles. The van der Waals surface area contributed by atoms with Gasteiger partial charge in [0, 0.05) is 5.69 Å². The highest BCUT2D eigenvalue weighted by molar-refractivity contribution is 7.92. The minimum Gasteiger partial charge on any atom is -0.457 e. The molecule has 162 valence electrons. The summed E-state index contributed by atoms with van der Waals surface area (Å²) in [6.07, 6.45) is 1.11. The Morgan fingerprint density at radius 1 is 0.903 bits per heavy atom. The summed E-state index contributed by atoms with van der Waals surface area (Å²) in [5, 5.41) is 2.76. The van der Waals surface area contributed by atoms with Gasteiger partial charge < -0.3 is 10.1 Å². The molecule has 3 aromatic rings. The molecule has 0 spiro atoms. The van der Waals surface area contributed by atoms with Gasteiger partial charge in [-0.3, -0.25) is 9.10 Å². The van der Waals surface area contributed by atoms with Crippen LogP contribution in [-0.2, 0) is 14.8 Å². The summed E-state index contributed by atoms with van der Waals surface area (Å²) in [4.78, 5) is 12.7. The normalized spacial score (nSPS) is 11.1. The van der Waals surface area contributed by atoms with E-state index in [0.29, 0.717) is 22.9 Å². The lowest BCUT2D eigenvalue weighted by atomic mass is 10.1. The molecule has 0 bridgehead atoms. The number of aryl methyl sites for hydroxylation is 3. The molecular formula is C24H26N2O4S. The number of rotatable bonds is 7. The van der Waals surface area contributed by atoms with Gasteiger partial charge in [0.1, 0.15) is 18.0 Å². The Balaban J connectivity index is 1.73. The van der Waals surface area contributed by atoms with Gasteiger partial charge in [0.25, 0.3) is 0 Å². The SMILES string of the molecule is Cc1cc(C)c(N(CC(=O)Nc2ccc(Oc3ccccc3)cc2)S(C)(=O)=O)c(C)c1. The number of ether oxygens (including phenoxy) is 1. The fraction of sp³-hybridized carbons (Fsp3) is 0.208. The molecule has 0 aliphatic heterocycles. The van der Waals surface area contributed by atoms with Crippen LogP contribution in [0.25, 0.3) is 0 Å². The Morgan fingerprint density at radius 3 is 2.00 bits per heavy atom. The van der Waals surface area contributed by atoms with Gasteiger partial charge in [-0.05, 0) is 68.3 Å². The van der Waals surface area contributed by atoms with Crippen molar-refractivity contribution in [1.29, 1.82) is 0 Å². The van der Waals surface area contributed by atoms with Crippen molar-refractivity contribution in [2.24, 2.45) is 0 Å². The smallest absolute Gasteiger partial charge is 0.245 e. The van der Waals surface area contributed by atoms with Crippen molar-refractivity contribution < 1.29 is 17.9 Å². The molecule has 1 N–H and O–H groups in total. The molecule has 0 saturated heterocycles. The van der Waals surface area contributed by atoms with Crippen LogP contribution in [0.2, 0.25) is 0 Å². The molecule has 3 aromatic carbocycles. The number of nitrogens with zero attached hydrogens (tertiary/aromatic N) is 1. The number of hydrogen-bond acceptors (Lipinski definition) is 4. The number of hydrogen-bond donors (Lipinski definition) is 1. The van der Waals surface area contributed by atoms with E-state index in [2.05, 4.69) is 5.32 Å². The molecule has 0 heterocycles. The van der Waals surface area contributed by atoms with E-state index in [-0.39, 0.29) is 6.54 Å². The third-order valence-corrected chi connectivity index (χ3v) is 5.80. The van der Waals surface area contributed by atoms with E-state index in [9.17, 15) is 13.2 Å². The molecule has 31 heavy (non-hydrogen) atoms. The number of sulfonamides is 1. The van der Waals surface area contributed by atoms with Gasteiger partial charge in [-0.2, -0.15) is 0 Å². The van der Waals surface area contributed by atoms with Gasteiger partial charge in [-0.15, -0.1) is 0 Å². The molecule has 1 amide bonds. The quantitative estimate of drug-likeness (QED) is 0.574. The van der Waals surface area contributed by atoms with Crippen LogP contribution < -0.4 is 14.4 Å². The van der Waals surface area contributed by atoms with Crippen molar-refractivity contribution in [1.82, 2.24) is 0 Å². The van der Waals surface area contributed by atoms with Crippen LogP contribution in [0.4, 0.5) is 11.4 Å². The van der Waals surface area contributed by atoms with Crippen LogP contribution in [0.5, 0.6) is 11.5 Å². The van der Waals surface area contributed by atoms with E-state index in [4.69, 9.17) is 4.74 Å². The molecule has 7 heteroatoms. The predicted molar refractivity (Wildman–Crippen MR) is 124 cm³/mol. The fourth-order valence-corrected chi connectivity index (χ4v) is 4.46. The zero-order valence-electron chi connectivity index (χ0n) is 18.0. The molecule has 6 nitrogen and oxygen atoms in total. The Hall–Kier alpha value is -3.32. The van der Waals surface area contributed by atoms with E-state index in [1.165, 1.54) is 0 Å². The summed E-state index contributed by atoms with van der Waals surface area (Å²) < 4.78 is 31.8. The number of amides is 1. The molecule has 0 unspecified atom stereocenters. The number of para-hydroxylation sites is 1. The van der Waals surface area contributed by atoms with Crippen molar-refractivity contribution >= 4 is 27.3 Å². The van der Waals surface area contributed by atoms with Crippen molar-refractivity contribution in [3.63, 3.8) is 0 Å². The standard InChI is InChI=1S/C24H26N2O4S/c1-17-14-18(2)24(19(3)15-17)26(31(4,28)29)16-23(27)25-20-10-12-22(13-11-20)30-21-8-6-5-7-9-21/h5-15H,16H2,1-4H3,(H,25,27). The maximum absolute atomic E-state index is 12.7. The minimum atomic E-state index is -3.65. The lowest BCUT2D eigenvalue weighted by molar-refractivity contribution is -0.114. The summed E-state index contributed by atoms with van der Waals surface area (Å²) in [6.45, 7) is 5.33. The average molecular weight is 439 g/mol. The molecule has 3 rings (SSSR count). The van der Waals surface area contributed by atoms with Crippen molar-refractivity contribution in [2.75, 3.05) is 22.4 Å². The number of anilines is 2. The van der Waals surface area contributed by atoms with E-state index in [1.54, 1.807) is 24.3 Å². The van der Waals surface area contributed by atoms with E-state index < -0.39 is 15.9 Å². The van der Waals surface area contributed by atoms with Crippen molar-refractivity contribution in [3.05, 3.63) is 83.4 Å². The molecule has 0 aromatic heterocycles. The Bertz CT molecular complexity index is 1150. The van der Waals surface area contributed by atoms with Crippen molar-refractivity contribution in [2.45, 2.75) is 20.8 Å². The summed E-state index contributed by atoms with van der Waals surface area (Å²) in [5.74, 6) is 0.918. The summed E-state index contributed by atoms with van der Waals surface area (Å²) in [7, 11) is -3.65. The minimum absolute atomic E-state index is 0.314. The van der Waals surface area contributed by atoms with E-state index in [1.807, 2.05) is 63.2 Å². The van der Waals surface area contributed by atoms with Gasteiger partial charge in [0.05, 0.1) is 11.9 Å². The van der Waals surface area contributed by atoms with Crippen LogP contribution in [0.3, 0.4) is 0 Å². The van der Waals surface area contributed by atoms with Crippen LogP contribution >= 0.6 is 0 Å². The molecule has 0 radical (unpaired) electrons. The van der Waals surface area contributed by atoms with E-state index >= 15 is 0 Å². The first-order valence-electron chi connectivity index (χ1n) is 9.82. The molecule has 0 atom stereocenters. The third kappa shape index (κ3) is 5.86. The molecule has 0 aliphatic carbocycles. The molecule has 0 fully saturated rings. The zero-order valence-corrected chi connectivity index (χ0v) is 18.9. The predicted octanol–water partition coefficient (Wildman–Crippen LogP) is 4.81. The van der Waals surface area contributed by atoms with E-state index in [0.717, 1.165) is 27.3 Å². The summed E-state index contributed by atoms with van der Waals surface area (Å²) in [6, 6.07) is 20.1. The van der Waals surface area contributed by atoms with Gasteiger partial charge in [0.15, 0.2) is 0 Å². The lowest BCUT2D eigenvalue weighted by Crippen LogP contribution is -2.38. The highest BCUT2D eigenvalue weighted by Gasteiger charge is 2.24. The monoisotopic (exact) mass is 438 g/mol. The fourth-order valence-electron chi connectivity index (χ4n) is 3.49. The van der Waals surface area contributed by atoms with Gasteiger partial charge in [-0.1, -0.05) is 35.9 Å². The summed E-state index contributed by atoms with van der Waals surface area (Å²) in [5.41, 5.74) is 3.73. The van der Waals surface area contributed by atoms with Crippen LogP contribution in [-0.4, -0.2) is 27.1 Å². The second kappa shape index (κ2) is 9.22. The topological polar surface area (TPSA) is 75.7 Å². The molecule has 0 aliphatic rings. The van der Waals surface area contributed by atoms with Gasteiger partial charge >= 0.3 is 0 Å². The summed E-state index contributed by atoms with van der Waals surface area (Å²) >= 11 is 0. The van der Waals surface area contributed by atoms with Crippen LogP contribution in [0, 0.1) is 20.8 Å². The lowest BCUT2D eigenvalue weighted by Gasteiger charge is -2.26. The second-order valence-corrected chi connectivity index (χ2v) is 9.41. The Morgan fingerprint density at radius 2 is 1.45 bits per heavy atom. The Kier molecular flexibility index (Phi) is 6.65. The molecular weight excluding hydrogens is 412 g/mol. The average Bonchev–Trinajstić information content (AvgIpc) is 2.68. The van der Waals surface area contributed by atoms with Crippen molar-refractivity contribution in [3.8, 4) is 11.5 Å².